The van der Waals surface area contributed by atoms with Gasteiger partial charge in [-0.05, 0) is 31.5 Å². The number of anilines is 2. The number of phenolic OH excluding ortho intramolecular Hbond substituents is 1. The average molecular weight is 377 g/mol. The van der Waals surface area contributed by atoms with Crippen LogP contribution in [0.5, 0.6) is 5.75 Å². The molecular formula is C21H23N5O2. The van der Waals surface area contributed by atoms with E-state index in [1.807, 2.05) is 26.0 Å². The summed E-state index contributed by atoms with van der Waals surface area (Å²) in [6.45, 7) is 5.54. The number of ether oxygens (including phenoxy) is 1. The van der Waals surface area contributed by atoms with E-state index < -0.39 is 0 Å². The molecule has 7 nitrogen and oxygen atoms in total. The van der Waals surface area contributed by atoms with Crippen LogP contribution in [0.1, 0.15) is 11.1 Å². The van der Waals surface area contributed by atoms with Gasteiger partial charge in [-0.15, -0.1) is 0 Å². The van der Waals surface area contributed by atoms with Crippen LogP contribution >= 0.6 is 0 Å². The summed E-state index contributed by atoms with van der Waals surface area (Å²) < 4.78 is 5.53. The van der Waals surface area contributed by atoms with Crippen molar-refractivity contribution in [2.24, 2.45) is 11.8 Å². The van der Waals surface area contributed by atoms with Crippen molar-refractivity contribution in [1.29, 1.82) is 0 Å². The maximum absolute atomic E-state index is 10.3. The normalized spacial score (nSPS) is 23.0. The lowest BCUT2D eigenvalue weighted by molar-refractivity contribution is 0.160. The maximum atomic E-state index is 10.3. The van der Waals surface area contributed by atoms with Crippen molar-refractivity contribution in [3.05, 3.63) is 35.7 Å². The van der Waals surface area contributed by atoms with Crippen LogP contribution in [0.2, 0.25) is 0 Å². The third-order valence-electron chi connectivity index (χ3n) is 6.24. The molecule has 0 bridgehead atoms. The van der Waals surface area contributed by atoms with Crippen LogP contribution in [-0.4, -0.2) is 46.4 Å². The van der Waals surface area contributed by atoms with Gasteiger partial charge in [0.2, 0.25) is 0 Å². The topological polar surface area (TPSA) is 97.4 Å². The molecule has 1 saturated heterocycles. The second-order valence-electron chi connectivity index (χ2n) is 7.85. The Balaban J connectivity index is 1.73. The lowest BCUT2D eigenvalue weighted by Crippen LogP contribution is -2.26. The highest BCUT2D eigenvalue weighted by atomic mass is 16.5. The first kappa shape index (κ1) is 17.2. The van der Waals surface area contributed by atoms with Crippen molar-refractivity contribution in [3.63, 3.8) is 0 Å². The molecule has 28 heavy (non-hydrogen) atoms. The summed E-state index contributed by atoms with van der Waals surface area (Å²) in [5, 5.41) is 11.1. The molecule has 2 fully saturated rings. The Morgan fingerprint density at radius 3 is 2.68 bits per heavy atom. The van der Waals surface area contributed by atoms with Gasteiger partial charge in [0.25, 0.3) is 0 Å². The number of nitrogen functional groups attached to an aromatic ring is 1. The van der Waals surface area contributed by atoms with Gasteiger partial charge in [-0.1, -0.05) is 6.07 Å². The van der Waals surface area contributed by atoms with Gasteiger partial charge in [-0.2, -0.15) is 0 Å². The number of aromatic nitrogens is 3. The lowest BCUT2D eigenvalue weighted by Gasteiger charge is -2.23. The van der Waals surface area contributed by atoms with Crippen molar-refractivity contribution in [2.45, 2.75) is 19.9 Å². The molecule has 5 rings (SSSR count). The molecule has 3 N–H and O–H groups in total. The van der Waals surface area contributed by atoms with E-state index in [1.54, 1.807) is 6.07 Å². The van der Waals surface area contributed by atoms with Gasteiger partial charge >= 0.3 is 0 Å². The molecule has 0 spiro atoms. The van der Waals surface area contributed by atoms with Crippen LogP contribution in [0.15, 0.2) is 24.5 Å². The Morgan fingerprint density at radius 2 is 1.93 bits per heavy atom. The molecule has 1 aliphatic carbocycles. The number of nitrogens with two attached hydrogens (primary N) is 1. The van der Waals surface area contributed by atoms with E-state index in [4.69, 9.17) is 15.5 Å². The van der Waals surface area contributed by atoms with E-state index in [1.165, 1.54) is 6.33 Å². The zero-order valence-corrected chi connectivity index (χ0v) is 16.2. The summed E-state index contributed by atoms with van der Waals surface area (Å²) in [6.07, 6.45) is 1.46. The third kappa shape index (κ3) is 2.43. The Bertz CT molecular complexity index is 1090. The summed E-state index contributed by atoms with van der Waals surface area (Å²) in [6, 6.07) is 6.01. The number of aromatic hydroxyl groups is 1. The fourth-order valence-corrected chi connectivity index (χ4v) is 4.56. The Labute approximate surface area is 163 Å². The average Bonchev–Trinajstić information content (AvgIpc) is 3.16. The zero-order chi connectivity index (χ0) is 19.6. The number of pyridine rings is 1. The molecule has 2 aliphatic rings. The highest BCUT2D eigenvalue weighted by Gasteiger charge is 2.56. The maximum Gasteiger partial charge on any atom is 0.134 e. The number of aryl methyl sites for hydroxylation is 1. The fraction of sp³-hybridized carbons (Fsp3) is 0.381. The minimum atomic E-state index is 0.241. The molecule has 3 aromatic rings. The second-order valence-corrected chi connectivity index (χ2v) is 7.85. The molecule has 1 aliphatic heterocycles. The molecule has 1 aromatic carbocycles. The molecule has 7 heteroatoms. The second kappa shape index (κ2) is 6.04. The molecule has 0 amide bonds. The van der Waals surface area contributed by atoms with Gasteiger partial charge in [-0.3, -0.25) is 0 Å². The van der Waals surface area contributed by atoms with Gasteiger partial charge in [0.1, 0.15) is 29.2 Å². The predicted molar refractivity (Wildman–Crippen MR) is 108 cm³/mol. The zero-order valence-electron chi connectivity index (χ0n) is 16.2. The summed E-state index contributed by atoms with van der Waals surface area (Å²) in [5.41, 5.74) is 10.3. The molecule has 1 saturated carbocycles. The largest absolute Gasteiger partial charge is 0.508 e. The number of fused-ring (bicyclic) bond motifs is 2. The van der Waals surface area contributed by atoms with Crippen molar-refractivity contribution in [2.75, 3.05) is 30.9 Å². The number of nitrogens with zero attached hydrogens (tertiary/aromatic N) is 4. The monoisotopic (exact) mass is 377 g/mol. The molecule has 2 aromatic heterocycles. The third-order valence-corrected chi connectivity index (χ3v) is 6.24. The quantitative estimate of drug-likeness (QED) is 0.724. The van der Waals surface area contributed by atoms with Gasteiger partial charge in [-0.25, -0.2) is 15.0 Å². The molecule has 144 valence electrons. The summed E-state index contributed by atoms with van der Waals surface area (Å²) >= 11 is 0. The van der Waals surface area contributed by atoms with Gasteiger partial charge in [0.15, 0.2) is 0 Å². The van der Waals surface area contributed by atoms with Crippen molar-refractivity contribution in [1.82, 2.24) is 15.0 Å². The minimum absolute atomic E-state index is 0.241. The first-order valence-corrected chi connectivity index (χ1v) is 9.48. The molecule has 3 atom stereocenters. The van der Waals surface area contributed by atoms with Crippen LogP contribution < -0.4 is 10.6 Å². The standard InChI is InChI=1S/C21H23N5O2/c1-10-4-5-15(27)11(2)17(10)19-18-12(21(22)24-9-23-18)6-16(25-19)26(3)20-13-7-28-8-14(13)20/h4-6,9,13-14,20,27H,7-8H2,1-3H3,(H2,22,23,24)/t13-,14?,20?/m0/s1. The highest BCUT2D eigenvalue weighted by molar-refractivity contribution is 5.99. The predicted octanol–water partition coefficient (Wildman–Crippen LogP) is 2.68. The van der Waals surface area contributed by atoms with Gasteiger partial charge in [0, 0.05) is 41.4 Å². The van der Waals surface area contributed by atoms with E-state index in [9.17, 15) is 5.11 Å². The molecular weight excluding hydrogens is 354 g/mol. The Kier molecular flexibility index (Phi) is 3.71. The van der Waals surface area contributed by atoms with E-state index in [0.29, 0.717) is 29.2 Å². The number of benzene rings is 1. The number of hydrogen-bond acceptors (Lipinski definition) is 7. The van der Waals surface area contributed by atoms with E-state index in [-0.39, 0.29) is 5.75 Å². The number of hydrogen-bond donors (Lipinski definition) is 2. The summed E-state index contributed by atoms with van der Waals surface area (Å²) in [4.78, 5) is 15.9. The summed E-state index contributed by atoms with van der Waals surface area (Å²) in [5.74, 6) is 2.65. The fourth-order valence-electron chi connectivity index (χ4n) is 4.56. The number of phenols is 1. The van der Waals surface area contributed by atoms with Crippen LogP contribution in [0.4, 0.5) is 11.6 Å². The first-order chi connectivity index (χ1) is 13.5. The van der Waals surface area contributed by atoms with E-state index >= 15 is 0 Å². The summed E-state index contributed by atoms with van der Waals surface area (Å²) in [7, 11) is 2.07. The van der Waals surface area contributed by atoms with Crippen LogP contribution in [0, 0.1) is 25.7 Å². The van der Waals surface area contributed by atoms with Crippen molar-refractivity contribution >= 4 is 22.5 Å². The van der Waals surface area contributed by atoms with Crippen molar-refractivity contribution < 1.29 is 9.84 Å². The Hall–Kier alpha value is -2.93. The van der Waals surface area contributed by atoms with E-state index in [0.717, 1.165) is 46.8 Å². The van der Waals surface area contributed by atoms with Gasteiger partial charge < -0.3 is 20.5 Å². The SMILES string of the molecule is Cc1ccc(O)c(C)c1-c1nc(N(C)C2C3COC[C@@H]32)cc2c(N)ncnc12. The van der Waals surface area contributed by atoms with Crippen LogP contribution in [0.25, 0.3) is 22.2 Å². The van der Waals surface area contributed by atoms with Crippen molar-refractivity contribution in [3.8, 4) is 17.0 Å². The van der Waals surface area contributed by atoms with Crippen LogP contribution in [-0.2, 0) is 4.74 Å². The number of rotatable bonds is 3. The minimum Gasteiger partial charge on any atom is -0.508 e. The van der Waals surface area contributed by atoms with Crippen LogP contribution in [0.3, 0.4) is 0 Å². The highest BCUT2D eigenvalue weighted by Crippen LogP contribution is 2.49. The first-order valence-electron chi connectivity index (χ1n) is 9.48. The molecule has 3 heterocycles. The lowest BCUT2D eigenvalue weighted by atomic mass is 9.97. The molecule has 2 unspecified atom stereocenters. The Morgan fingerprint density at radius 1 is 1.18 bits per heavy atom. The smallest absolute Gasteiger partial charge is 0.134 e. The van der Waals surface area contributed by atoms with Gasteiger partial charge in [0.05, 0.1) is 18.9 Å². The van der Waals surface area contributed by atoms with E-state index in [2.05, 4.69) is 21.9 Å². The molecule has 0 radical (unpaired) electrons.